The van der Waals surface area contributed by atoms with E-state index in [1.807, 2.05) is 7.05 Å². The van der Waals surface area contributed by atoms with Gasteiger partial charge in [0.1, 0.15) is 6.33 Å². The van der Waals surface area contributed by atoms with Crippen LogP contribution in [0, 0.1) is 0 Å². The molecule has 1 aromatic heterocycles. The second kappa shape index (κ2) is 5.48. The molecule has 1 aromatic rings. The fourth-order valence-corrected chi connectivity index (χ4v) is 2.63. The third-order valence-electron chi connectivity index (χ3n) is 3.80. The summed E-state index contributed by atoms with van der Waals surface area (Å²) in [6.07, 6.45) is 7.72. The average Bonchev–Trinajstić information content (AvgIpc) is 2.76. The molecular formula is C12H21N5O. The first-order valence-electron chi connectivity index (χ1n) is 6.48. The Balaban J connectivity index is 1.95. The summed E-state index contributed by atoms with van der Waals surface area (Å²) < 4.78 is 1.56. The van der Waals surface area contributed by atoms with Crippen LogP contribution in [0.1, 0.15) is 38.5 Å². The van der Waals surface area contributed by atoms with Gasteiger partial charge in [-0.1, -0.05) is 19.3 Å². The molecule has 2 N–H and O–H groups in total. The maximum Gasteiger partial charge on any atom is 0.228 e. The number of hydrogen-bond donors (Lipinski definition) is 2. The molecule has 18 heavy (non-hydrogen) atoms. The van der Waals surface area contributed by atoms with Crippen LogP contribution in [0.4, 0.5) is 5.95 Å². The predicted molar refractivity (Wildman–Crippen MR) is 69.1 cm³/mol. The Labute approximate surface area is 107 Å². The maximum atomic E-state index is 12.1. The minimum atomic E-state index is -0.0407. The molecule has 0 atom stereocenters. The minimum absolute atomic E-state index is 0.00218. The van der Waals surface area contributed by atoms with Crippen LogP contribution in [-0.4, -0.2) is 33.3 Å². The van der Waals surface area contributed by atoms with Crippen LogP contribution in [-0.2, 0) is 11.8 Å². The van der Waals surface area contributed by atoms with E-state index in [0.29, 0.717) is 12.4 Å². The molecule has 0 bridgehead atoms. The number of carbonyl (C=O) groups excluding carboxylic acids is 1. The highest BCUT2D eigenvalue weighted by atomic mass is 16.1. The second-order valence-corrected chi connectivity index (χ2v) is 5.02. The molecule has 0 radical (unpaired) electrons. The summed E-state index contributed by atoms with van der Waals surface area (Å²) >= 11 is 0. The summed E-state index contributed by atoms with van der Waals surface area (Å²) in [5.41, 5.74) is -0.0407. The van der Waals surface area contributed by atoms with Crippen molar-refractivity contribution in [2.24, 2.45) is 7.05 Å². The summed E-state index contributed by atoms with van der Waals surface area (Å²) in [7, 11) is 3.71. The molecule has 0 aromatic carbocycles. The zero-order valence-electron chi connectivity index (χ0n) is 11.1. The van der Waals surface area contributed by atoms with Crippen molar-refractivity contribution in [1.29, 1.82) is 0 Å². The first-order chi connectivity index (χ1) is 8.65. The van der Waals surface area contributed by atoms with Crippen molar-refractivity contribution in [3.63, 3.8) is 0 Å². The van der Waals surface area contributed by atoms with Crippen LogP contribution in [0.3, 0.4) is 0 Å². The van der Waals surface area contributed by atoms with Crippen molar-refractivity contribution < 1.29 is 4.79 Å². The Hall–Kier alpha value is -1.43. The van der Waals surface area contributed by atoms with Gasteiger partial charge in [-0.2, -0.15) is 10.1 Å². The van der Waals surface area contributed by atoms with Crippen molar-refractivity contribution >= 4 is 11.9 Å². The molecule has 0 spiro atoms. The summed E-state index contributed by atoms with van der Waals surface area (Å²) in [6.45, 7) is 0. The fraction of sp³-hybridized carbons (Fsp3) is 0.750. The summed E-state index contributed by atoms with van der Waals surface area (Å²) in [6, 6.07) is 0. The number of amides is 1. The third-order valence-corrected chi connectivity index (χ3v) is 3.80. The lowest BCUT2D eigenvalue weighted by Gasteiger charge is -2.36. The van der Waals surface area contributed by atoms with Crippen LogP contribution >= 0.6 is 0 Å². The molecule has 1 amide bonds. The van der Waals surface area contributed by atoms with Gasteiger partial charge < -0.3 is 5.32 Å². The number of hydrogen-bond acceptors (Lipinski definition) is 4. The van der Waals surface area contributed by atoms with Gasteiger partial charge in [0.05, 0.1) is 0 Å². The van der Waals surface area contributed by atoms with E-state index in [4.69, 9.17) is 0 Å². The van der Waals surface area contributed by atoms with Crippen LogP contribution in [0.25, 0.3) is 0 Å². The second-order valence-electron chi connectivity index (χ2n) is 5.02. The molecule has 0 aliphatic heterocycles. The van der Waals surface area contributed by atoms with Crippen LogP contribution in [0.2, 0.25) is 0 Å². The predicted octanol–water partition coefficient (Wildman–Crippen LogP) is 1.07. The standard InChI is InChI=1S/C12H21N5O/c1-13-12(6-4-3-5-7-12)8-10(18)16-11-14-9-15-17(11)2/h9,13H,3-8H2,1-2H3,(H,14,15,16,18). The molecule has 0 unspecified atom stereocenters. The molecule has 1 heterocycles. The monoisotopic (exact) mass is 251 g/mol. The van der Waals surface area contributed by atoms with Crippen LogP contribution < -0.4 is 10.6 Å². The van der Waals surface area contributed by atoms with E-state index in [2.05, 4.69) is 20.7 Å². The summed E-state index contributed by atoms with van der Waals surface area (Å²) in [4.78, 5) is 16.1. The molecule has 1 fully saturated rings. The van der Waals surface area contributed by atoms with Crippen molar-refractivity contribution in [2.75, 3.05) is 12.4 Å². The summed E-state index contributed by atoms with van der Waals surface area (Å²) in [5, 5.41) is 10.1. The quantitative estimate of drug-likeness (QED) is 0.839. The number of aryl methyl sites for hydroxylation is 1. The summed E-state index contributed by atoms with van der Waals surface area (Å²) in [5.74, 6) is 0.504. The number of anilines is 1. The Morgan fingerprint density at radius 1 is 1.44 bits per heavy atom. The molecule has 6 heteroatoms. The Morgan fingerprint density at radius 2 is 2.17 bits per heavy atom. The van der Waals surface area contributed by atoms with E-state index in [1.54, 1.807) is 11.7 Å². The molecule has 1 aliphatic carbocycles. The number of rotatable bonds is 4. The van der Waals surface area contributed by atoms with Crippen molar-refractivity contribution in [3.05, 3.63) is 6.33 Å². The van der Waals surface area contributed by atoms with Gasteiger partial charge in [-0.05, 0) is 19.9 Å². The van der Waals surface area contributed by atoms with Crippen molar-refractivity contribution in [3.8, 4) is 0 Å². The van der Waals surface area contributed by atoms with E-state index < -0.39 is 0 Å². The van der Waals surface area contributed by atoms with E-state index in [0.717, 1.165) is 12.8 Å². The Kier molecular flexibility index (Phi) is 3.96. The normalized spacial score (nSPS) is 18.6. The topological polar surface area (TPSA) is 71.8 Å². The Morgan fingerprint density at radius 3 is 2.72 bits per heavy atom. The lowest BCUT2D eigenvalue weighted by Crippen LogP contribution is -2.47. The largest absolute Gasteiger partial charge is 0.314 e. The first-order valence-corrected chi connectivity index (χ1v) is 6.48. The van der Waals surface area contributed by atoms with E-state index >= 15 is 0 Å². The number of nitrogens with one attached hydrogen (secondary N) is 2. The zero-order valence-corrected chi connectivity index (χ0v) is 11.1. The van der Waals surface area contributed by atoms with E-state index in [1.165, 1.54) is 25.6 Å². The molecule has 1 saturated carbocycles. The minimum Gasteiger partial charge on any atom is -0.314 e. The zero-order chi connectivity index (χ0) is 13.0. The van der Waals surface area contributed by atoms with Crippen LogP contribution in [0.5, 0.6) is 0 Å². The van der Waals surface area contributed by atoms with Gasteiger partial charge in [0.2, 0.25) is 11.9 Å². The maximum absolute atomic E-state index is 12.1. The number of nitrogens with zero attached hydrogens (tertiary/aromatic N) is 3. The van der Waals surface area contributed by atoms with Crippen molar-refractivity contribution in [1.82, 2.24) is 20.1 Å². The fourth-order valence-electron chi connectivity index (χ4n) is 2.63. The first kappa shape index (κ1) is 13.0. The third kappa shape index (κ3) is 2.87. The highest BCUT2D eigenvalue weighted by Gasteiger charge is 2.32. The smallest absolute Gasteiger partial charge is 0.228 e. The van der Waals surface area contributed by atoms with Gasteiger partial charge in [-0.3, -0.25) is 10.1 Å². The Bertz CT molecular complexity index is 408. The molecular weight excluding hydrogens is 230 g/mol. The highest BCUT2D eigenvalue weighted by Crippen LogP contribution is 2.30. The highest BCUT2D eigenvalue weighted by molar-refractivity contribution is 5.89. The van der Waals surface area contributed by atoms with E-state index in [9.17, 15) is 4.79 Å². The van der Waals surface area contributed by atoms with Gasteiger partial charge in [-0.15, -0.1) is 0 Å². The van der Waals surface area contributed by atoms with Crippen LogP contribution in [0.15, 0.2) is 6.33 Å². The lowest BCUT2D eigenvalue weighted by atomic mass is 9.79. The van der Waals surface area contributed by atoms with Gasteiger partial charge in [0, 0.05) is 19.0 Å². The number of carbonyl (C=O) groups is 1. The van der Waals surface area contributed by atoms with Gasteiger partial charge in [0.15, 0.2) is 0 Å². The van der Waals surface area contributed by atoms with Gasteiger partial charge in [-0.25, -0.2) is 4.68 Å². The van der Waals surface area contributed by atoms with Gasteiger partial charge >= 0.3 is 0 Å². The molecule has 100 valence electrons. The van der Waals surface area contributed by atoms with E-state index in [-0.39, 0.29) is 11.4 Å². The SMILES string of the molecule is CNC1(CC(=O)Nc2ncnn2C)CCCCC1. The average molecular weight is 251 g/mol. The van der Waals surface area contributed by atoms with Gasteiger partial charge in [0.25, 0.3) is 0 Å². The number of aromatic nitrogens is 3. The molecule has 1 aliphatic rings. The molecule has 0 saturated heterocycles. The molecule has 2 rings (SSSR count). The molecule has 6 nitrogen and oxygen atoms in total. The van der Waals surface area contributed by atoms with Crippen molar-refractivity contribution in [2.45, 2.75) is 44.1 Å². The lowest BCUT2D eigenvalue weighted by molar-refractivity contribution is -0.118.